The van der Waals surface area contributed by atoms with E-state index in [0.29, 0.717) is 0 Å². The van der Waals surface area contributed by atoms with Crippen molar-refractivity contribution in [2.24, 2.45) is 5.14 Å². The van der Waals surface area contributed by atoms with Crippen molar-refractivity contribution in [1.29, 1.82) is 0 Å². The number of carbonyl (C=O) groups excluding carboxylic acids is 1. The third-order valence-electron chi connectivity index (χ3n) is 1.95. The number of hydrogen-bond acceptors (Lipinski definition) is 6. The van der Waals surface area contributed by atoms with Crippen LogP contribution >= 0.6 is 11.6 Å². The summed E-state index contributed by atoms with van der Waals surface area (Å²) in [4.78, 5) is 24.9. The van der Waals surface area contributed by atoms with Gasteiger partial charge in [0.25, 0.3) is 11.6 Å². The molecule has 0 saturated heterocycles. The number of sulfonamides is 1. The molecule has 0 aliphatic carbocycles. The molecule has 0 radical (unpaired) electrons. The van der Waals surface area contributed by atoms with Crippen LogP contribution in [-0.2, 0) is 10.0 Å². The van der Waals surface area contributed by atoms with E-state index in [2.05, 4.69) is 10.3 Å². The number of aromatic nitrogens is 1. The molecule has 0 aliphatic heterocycles. The number of pyridine rings is 1. The lowest BCUT2D eigenvalue weighted by Gasteiger charge is -2.05. The minimum atomic E-state index is -3.71. The molecule has 0 atom stereocenters. The Morgan fingerprint density at radius 3 is 2.74 bits per heavy atom. The molecule has 11 heteroatoms. The third kappa shape index (κ3) is 4.77. The molecule has 1 heterocycles. The average molecular weight is 309 g/mol. The summed E-state index contributed by atoms with van der Waals surface area (Å²) in [7, 11) is -3.71. The zero-order chi connectivity index (χ0) is 14.6. The van der Waals surface area contributed by atoms with E-state index in [4.69, 9.17) is 16.7 Å². The summed E-state index contributed by atoms with van der Waals surface area (Å²) in [6.07, 6.45) is 0.906. The fraction of sp³-hybridized carbons (Fsp3) is 0.250. The molecule has 1 aromatic rings. The Morgan fingerprint density at radius 1 is 1.58 bits per heavy atom. The van der Waals surface area contributed by atoms with Crippen molar-refractivity contribution < 1.29 is 18.1 Å². The summed E-state index contributed by atoms with van der Waals surface area (Å²) in [5, 5.41) is 17.3. The number of amides is 1. The molecule has 1 amide bonds. The van der Waals surface area contributed by atoms with E-state index in [0.717, 1.165) is 12.3 Å². The maximum Gasteiger partial charge on any atom is 0.288 e. The molecule has 0 spiro atoms. The van der Waals surface area contributed by atoms with Gasteiger partial charge in [0.15, 0.2) is 0 Å². The van der Waals surface area contributed by atoms with Crippen molar-refractivity contribution in [3.05, 3.63) is 33.1 Å². The Kier molecular flexibility index (Phi) is 4.75. The first-order valence-electron chi connectivity index (χ1n) is 4.79. The number of nitro groups is 1. The highest BCUT2D eigenvalue weighted by molar-refractivity contribution is 7.89. The highest BCUT2D eigenvalue weighted by Crippen LogP contribution is 2.18. The molecular weight excluding hydrogens is 300 g/mol. The fourth-order valence-electron chi connectivity index (χ4n) is 1.10. The lowest BCUT2D eigenvalue weighted by molar-refractivity contribution is -0.385. The number of nitrogens with one attached hydrogen (secondary N) is 1. The fourth-order valence-corrected chi connectivity index (χ4v) is 1.67. The maximum atomic E-state index is 11.6. The lowest BCUT2D eigenvalue weighted by Crippen LogP contribution is -2.31. The smallest absolute Gasteiger partial charge is 0.288 e. The summed E-state index contributed by atoms with van der Waals surface area (Å²) in [6, 6.07) is 0.946. The highest BCUT2D eigenvalue weighted by Gasteiger charge is 2.17. The second-order valence-corrected chi connectivity index (χ2v) is 5.50. The summed E-state index contributed by atoms with van der Waals surface area (Å²) in [5.41, 5.74) is -0.619. The molecular formula is C8H9ClN4O5S. The van der Waals surface area contributed by atoms with Crippen molar-refractivity contribution in [2.75, 3.05) is 12.3 Å². The first-order valence-corrected chi connectivity index (χ1v) is 6.88. The van der Waals surface area contributed by atoms with Crippen LogP contribution in [0.25, 0.3) is 0 Å². The van der Waals surface area contributed by atoms with E-state index in [-0.39, 0.29) is 17.3 Å². The van der Waals surface area contributed by atoms with Crippen LogP contribution in [0.2, 0.25) is 5.15 Å². The third-order valence-corrected chi connectivity index (χ3v) is 3.03. The SMILES string of the molecule is NS(=O)(=O)CCNC(=O)c1cc([N+](=O)[O-])cnc1Cl. The van der Waals surface area contributed by atoms with Crippen molar-refractivity contribution in [2.45, 2.75) is 0 Å². The Bertz CT molecular complexity index is 618. The van der Waals surface area contributed by atoms with Crippen LogP contribution in [0.1, 0.15) is 10.4 Å². The quantitative estimate of drug-likeness (QED) is 0.432. The Balaban J connectivity index is 2.82. The van der Waals surface area contributed by atoms with Crippen LogP contribution in [0.4, 0.5) is 5.69 Å². The Morgan fingerprint density at radius 2 is 2.21 bits per heavy atom. The standard InChI is InChI=1S/C8H9ClN4O5S/c9-7-6(3-5(4-12-7)13(15)16)8(14)11-1-2-19(10,17)18/h3-4H,1-2H2,(H,11,14)(H2,10,17,18). The number of nitrogens with zero attached hydrogens (tertiary/aromatic N) is 2. The van der Waals surface area contributed by atoms with E-state index < -0.39 is 32.3 Å². The van der Waals surface area contributed by atoms with Gasteiger partial charge in [-0.25, -0.2) is 18.5 Å². The van der Waals surface area contributed by atoms with Gasteiger partial charge >= 0.3 is 0 Å². The molecule has 3 N–H and O–H groups in total. The van der Waals surface area contributed by atoms with Gasteiger partial charge in [0.05, 0.1) is 16.2 Å². The number of nitrogens with two attached hydrogens (primary N) is 1. The summed E-state index contributed by atoms with van der Waals surface area (Å²) < 4.78 is 21.3. The van der Waals surface area contributed by atoms with Gasteiger partial charge in [-0.15, -0.1) is 0 Å². The molecule has 0 fully saturated rings. The van der Waals surface area contributed by atoms with Crippen LogP contribution in [-0.4, -0.2) is 36.5 Å². The molecule has 0 bridgehead atoms. The maximum absolute atomic E-state index is 11.6. The van der Waals surface area contributed by atoms with Crippen molar-refractivity contribution in [3.8, 4) is 0 Å². The topological polar surface area (TPSA) is 145 Å². The Hall–Kier alpha value is -1.78. The molecule has 0 aromatic carbocycles. The number of halogens is 1. The van der Waals surface area contributed by atoms with Crippen LogP contribution in [0, 0.1) is 10.1 Å². The van der Waals surface area contributed by atoms with E-state index in [1.54, 1.807) is 0 Å². The number of carbonyl (C=O) groups is 1. The molecule has 19 heavy (non-hydrogen) atoms. The summed E-state index contributed by atoms with van der Waals surface area (Å²) >= 11 is 5.63. The predicted octanol–water partition coefficient (Wildman–Crippen LogP) is -0.338. The van der Waals surface area contributed by atoms with Gasteiger partial charge in [-0.3, -0.25) is 14.9 Å². The number of rotatable bonds is 5. The molecule has 104 valence electrons. The van der Waals surface area contributed by atoms with Gasteiger partial charge in [-0.05, 0) is 0 Å². The normalized spacial score (nSPS) is 11.1. The number of hydrogen-bond donors (Lipinski definition) is 2. The van der Waals surface area contributed by atoms with Crippen LogP contribution in [0.15, 0.2) is 12.3 Å². The minimum absolute atomic E-state index is 0.217. The van der Waals surface area contributed by atoms with E-state index in [9.17, 15) is 23.3 Å². The van der Waals surface area contributed by atoms with Gasteiger partial charge in [0.1, 0.15) is 11.3 Å². The molecule has 0 unspecified atom stereocenters. The second kappa shape index (κ2) is 5.91. The second-order valence-electron chi connectivity index (χ2n) is 3.41. The first kappa shape index (κ1) is 15.3. The summed E-state index contributed by atoms with van der Waals surface area (Å²) in [5.74, 6) is -1.23. The zero-order valence-electron chi connectivity index (χ0n) is 9.37. The number of primary sulfonamides is 1. The predicted molar refractivity (Wildman–Crippen MR) is 66.2 cm³/mol. The van der Waals surface area contributed by atoms with Crippen molar-refractivity contribution >= 4 is 33.2 Å². The van der Waals surface area contributed by atoms with Gasteiger partial charge < -0.3 is 5.32 Å². The zero-order valence-corrected chi connectivity index (χ0v) is 10.9. The lowest BCUT2D eigenvalue weighted by atomic mass is 10.2. The molecule has 1 rings (SSSR count). The van der Waals surface area contributed by atoms with Crippen LogP contribution in [0.5, 0.6) is 0 Å². The van der Waals surface area contributed by atoms with Gasteiger partial charge in [0.2, 0.25) is 10.0 Å². The van der Waals surface area contributed by atoms with E-state index >= 15 is 0 Å². The molecule has 1 aromatic heterocycles. The monoisotopic (exact) mass is 308 g/mol. The largest absolute Gasteiger partial charge is 0.351 e. The Labute approximate surface area is 113 Å². The minimum Gasteiger partial charge on any atom is -0.351 e. The van der Waals surface area contributed by atoms with E-state index in [1.165, 1.54) is 0 Å². The van der Waals surface area contributed by atoms with Crippen LogP contribution in [0.3, 0.4) is 0 Å². The molecule has 0 aliphatic rings. The first-order chi connectivity index (χ1) is 8.70. The van der Waals surface area contributed by atoms with Crippen molar-refractivity contribution in [1.82, 2.24) is 10.3 Å². The summed E-state index contributed by atoms with van der Waals surface area (Å²) in [6.45, 7) is -0.239. The highest BCUT2D eigenvalue weighted by atomic mass is 35.5. The van der Waals surface area contributed by atoms with Gasteiger partial charge in [-0.1, -0.05) is 11.6 Å². The average Bonchev–Trinajstić information content (AvgIpc) is 2.27. The van der Waals surface area contributed by atoms with E-state index in [1.807, 2.05) is 0 Å². The molecule has 0 saturated carbocycles. The van der Waals surface area contributed by atoms with Crippen molar-refractivity contribution in [3.63, 3.8) is 0 Å². The van der Waals surface area contributed by atoms with Gasteiger partial charge in [0, 0.05) is 12.6 Å². The van der Waals surface area contributed by atoms with Gasteiger partial charge in [-0.2, -0.15) is 0 Å². The van der Waals surface area contributed by atoms with Crippen LogP contribution < -0.4 is 10.5 Å². The molecule has 9 nitrogen and oxygen atoms in total.